The lowest BCUT2D eigenvalue weighted by molar-refractivity contribution is -0.107. The fraction of sp³-hybridized carbons (Fsp3) is 0.438. The van der Waals surface area contributed by atoms with Gasteiger partial charge < -0.3 is 9.36 Å². The van der Waals surface area contributed by atoms with Gasteiger partial charge in [0.25, 0.3) is 0 Å². The summed E-state index contributed by atoms with van der Waals surface area (Å²) in [5.74, 6) is 2.43. The predicted molar refractivity (Wildman–Crippen MR) is 76.7 cm³/mol. The van der Waals surface area contributed by atoms with Crippen molar-refractivity contribution in [2.24, 2.45) is 0 Å². The molecular weight excluding hydrogens is 250 g/mol. The summed E-state index contributed by atoms with van der Waals surface area (Å²) in [4.78, 5) is 10.5. The smallest absolute Gasteiger partial charge is 0.136 e. The molecular formula is C16H19N3O. The van der Waals surface area contributed by atoms with Crippen LogP contribution in [0.15, 0.2) is 24.3 Å². The fourth-order valence-electron chi connectivity index (χ4n) is 3.11. The Hall–Kier alpha value is -1.97. The second kappa shape index (κ2) is 5.57. The molecule has 1 aromatic heterocycles. The zero-order valence-corrected chi connectivity index (χ0v) is 11.7. The van der Waals surface area contributed by atoms with Crippen molar-refractivity contribution in [2.45, 2.75) is 45.1 Å². The predicted octanol–water partition coefficient (Wildman–Crippen LogP) is 2.31. The number of fused-ring (bicyclic) bond motifs is 1. The minimum atomic E-state index is 0.421. The highest BCUT2D eigenvalue weighted by molar-refractivity contribution is 5.49. The largest absolute Gasteiger partial charge is 0.315 e. The molecule has 1 heterocycles. The van der Waals surface area contributed by atoms with E-state index in [2.05, 4.69) is 46.0 Å². The van der Waals surface area contributed by atoms with Crippen molar-refractivity contribution in [1.82, 2.24) is 14.8 Å². The summed E-state index contributed by atoms with van der Waals surface area (Å²) >= 11 is 0. The van der Waals surface area contributed by atoms with Gasteiger partial charge in [-0.3, -0.25) is 0 Å². The highest BCUT2D eigenvalue weighted by Crippen LogP contribution is 2.33. The molecule has 20 heavy (non-hydrogen) atoms. The molecule has 0 amide bonds. The van der Waals surface area contributed by atoms with Crippen molar-refractivity contribution in [3.05, 3.63) is 47.0 Å². The van der Waals surface area contributed by atoms with Crippen molar-refractivity contribution in [2.75, 3.05) is 0 Å². The van der Waals surface area contributed by atoms with Crippen molar-refractivity contribution < 1.29 is 4.79 Å². The highest BCUT2D eigenvalue weighted by Gasteiger charge is 2.27. The van der Waals surface area contributed by atoms with Gasteiger partial charge in [-0.15, -0.1) is 10.2 Å². The molecule has 3 rings (SSSR count). The number of aryl methyl sites for hydroxylation is 1. The number of carbonyl (C=O) groups excluding carboxylic acids is 1. The van der Waals surface area contributed by atoms with E-state index in [1.165, 1.54) is 11.1 Å². The molecule has 4 nitrogen and oxygen atoms in total. The van der Waals surface area contributed by atoms with Crippen LogP contribution >= 0.6 is 0 Å². The molecule has 2 aromatic rings. The molecule has 1 aromatic carbocycles. The van der Waals surface area contributed by atoms with E-state index in [-0.39, 0.29) is 0 Å². The number of nitrogens with zero attached hydrogens (tertiary/aromatic N) is 3. The van der Waals surface area contributed by atoms with Gasteiger partial charge in [-0.1, -0.05) is 24.3 Å². The minimum Gasteiger partial charge on any atom is -0.315 e. The monoisotopic (exact) mass is 269 g/mol. The molecule has 0 spiro atoms. The van der Waals surface area contributed by atoms with Crippen LogP contribution in [0, 0.1) is 0 Å². The lowest BCUT2D eigenvalue weighted by Gasteiger charge is -2.11. The van der Waals surface area contributed by atoms with E-state index in [9.17, 15) is 4.79 Å². The number of hydrogen-bond donors (Lipinski definition) is 0. The molecule has 1 aliphatic rings. The van der Waals surface area contributed by atoms with Gasteiger partial charge in [0, 0.05) is 25.3 Å². The summed E-state index contributed by atoms with van der Waals surface area (Å²) in [5, 5.41) is 8.69. The van der Waals surface area contributed by atoms with E-state index in [1.54, 1.807) is 0 Å². The quantitative estimate of drug-likeness (QED) is 0.783. The molecule has 0 unspecified atom stereocenters. The second-order valence-corrected chi connectivity index (χ2v) is 5.30. The SMILES string of the molecule is CCn1c(CCC=O)nnc1C1Cc2ccccc2C1. The van der Waals surface area contributed by atoms with Gasteiger partial charge in [-0.25, -0.2) is 0 Å². The van der Waals surface area contributed by atoms with Crippen LogP contribution in [-0.4, -0.2) is 21.1 Å². The maximum absolute atomic E-state index is 10.5. The average Bonchev–Trinajstić information content (AvgIpc) is 3.07. The van der Waals surface area contributed by atoms with Gasteiger partial charge in [0.2, 0.25) is 0 Å². The summed E-state index contributed by atoms with van der Waals surface area (Å²) in [6.07, 6.45) is 4.23. The number of benzene rings is 1. The topological polar surface area (TPSA) is 47.8 Å². The number of carbonyl (C=O) groups is 1. The Bertz CT molecular complexity index is 593. The fourth-order valence-corrected chi connectivity index (χ4v) is 3.11. The van der Waals surface area contributed by atoms with E-state index >= 15 is 0 Å². The first kappa shape index (κ1) is 13.0. The van der Waals surface area contributed by atoms with Crippen LogP contribution in [0.1, 0.15) is 42.0 Å². The molecule has 0 bridgehead atoms. The average molecular weight is 269 g/mol. The third kappa shape index (κ3) is 2.26. The first-order valence-electron chi connectivity index (χ1n) is 7.25. The number of aldehydes is 1. The van der Waals surface area contributed by atoms with Crippen molar-refractivity contribution >= 4 is 6.29 Å². The van der Waals surface area contributed by atoms with Crippen LogP contribution in [-0.2, 0) is 30.6 Å². The third-order valence-corrected chi connectivity index (χ3v) is 4.07. The molecule has 0 saturated heterocycles. The van der Waals surface area contributed by atoms with E-state index in [1.807, 2.05) is 0 Å². The van der Waals surface area contributed by atoms with Gasteiger partial charge in [0.15, 0.2) is 0 Å². The Balaban J connectivity index is 1.85. The summed E-state index contributed by atoms with van der Waals surface area (Å²) in [6, 6.07) is 8.60. The van der Waals surface area contributed by atoms with Crippen LogP contribution in [0.25, 0.3) is 0 Å². The third-order valence-electron chi connectivity index (χ3n) is 4.07. The van der Waals surface area contributed by atoms with E-state index in [4.69, 9.17) is 0 Å². The van der Waals surface area contributed by atoms with Gasteiger partial charge in [-0.2, -0.15) is 0 Å². The molecule has 0 radical (unpaired) electrons. The number of aromatic nitrogens is 3. The molecule has 0 N–H and O–H groups in total. The summed E-state index contributed by atoms with van der Waals surface area (Å²) in [6.45, 7) is 2.97. The Labute approximate surface area is 118 Å². The first-order chi connectivity index (χ1) is 9.83. The van der Waals surface area contributed by atoms with E-state index in [0.29, 0.717) is 18.8 Å². The molecule has 0 fully saturated rings. The van der Waals surface area contributed by atoms with Crippen LogP contribution in [0.2, 0.25) is 0 Å². The summed E-state index contributed by atoms with van der Waals surface area (Å²) in [7, 11) is 0. The molecule has 0 atom stereocenters. The number of hydrogen-bond acceptors (Lipinski definition) is 3. The van der Waals surface area contributed by atoms with Crippen molar-refractivity contribution in [3.8, 4) is 0 Å². The molecule has 0 saturated carbocycles. The van der Waals surface area contributed by atoms with Crippen LogP contribution in [0.5, 0.6) is 0 Å². The van der Waals surface area contributed by atoms with Gasteiger partial charge >= 0.3 is 0 Å². The van der Waals surface area contributed by atoms with Crippen LogP contribution in [0.3, 0.4) is 0 Å². The van der Waals surface area contributed by atoms with Crippen molar-refractivity contribution in [1.29, 1.82) is 0 Å². The maximum Gasteiger partial charge on any atom is 0.136 e. The molecule has 1 aliphatic carbocycles. The van der Waals surface area contributed by atoms with Crippen LogP contribution in [0.4, 0.5) is 0 Å². The lowest BCUT2D eigenvalue weighted by atomic mass is 10.1. The minimum absolute atomic E-state index is 0.421. The van der Waals surface area contributed by atoms with E-state index in [0.717, 1.165) is 37.3 Å². The van der Waals surface area contributed by atoms with Gasteiger partial charge in [0.05, 0.1) is 0 Å². The summed E-state index contributed by atoms with van der Waals surface area (Å²) in [5.41, 5.74) is 2.86. The van der Waals surface area contributed by atoms with Crippen LogP contribution < -0.4 is 0 Å². The molecule has 104 valence electrons. The van der Waals surface area contributed by atoms with Gasteiger partial charge in [-0.05, 0) is 30.9 Å². The first-order valence-corrected chi connectivity index (χ1v) is 7.25. The normalized spacial score (nSPS) is 14.4. The Kier molecular flexibility index (Phi) is 3.63. The second-order valence-electron chi connectivity index (χ2n) is 5.30. The highest BCUT2D eigenvalue weighted by atomic mass is 16.1. The Morgan fingerprint density at radius 3 is 2.55 bits per heavy atom. The zero-order chi connectivity index (χ0) is 13.9. The molecule has 4 heteroatoms. The molecule has 0 aliphatic heterocycles. The number of rotatable bonds is 5. The summed E-state index contributed by atoms with van der Waals surface area (Å²) < 4.78 is 2.18. The van der Waals surface area contributed by atoms with Gasteiger partial charge in [0.1, 0.15) is 17.9 Å². The maximum atomic E-state index is 10.5. The lowest BCUT2D eigenvalue weighted by Crippen LogP contribution is -2.11. The zero-order valence-electron chi connectivity index (χ0n) is 11.7. The Morgan fingerprint density at radius 2 is 1.95 bits per heavy atom. The Morgan fingerprint density at radius 1 is 1.25 bits per heavy atom. The van der Waals surface area contributed by atoms with Crippen molar-refractivity contribution in [3.63, 3.8) is 0 Å². The standard InChI is InChI=1S/C16H19N3O/c1-2-19-15(8-5-9-20)17-18-16(19)14-10-12-6-3-4-7-13(12)11-14/h3-4,6-7,9,14H,2,5,8,10-11H2,1H3. The van der Waals surface area contributed by atoms with E-state index < -0.39 is 0 Å².